The Hall–Kier alpha value is -1.56. The molecule has 1 aromatic rings. The van der Waals surface area contributed by atoms with Crippen LogP contribution < -0.4 is 0 Å². The summed E-state index contributed by atoms with van der Waals surface area (Å²) in [5.74, 6) is -4.85. The third-order valence-corrected chi connectivity index (χ3v) is 3.13. The number of amides is 1. The zero-order chi connectivity index (χ0) is 13.4. The monoisotopic (exact) mass is 259 g/mol. The predicted octanol–water partition coefficient (Wildman–Crippen LogP) is 2.23. The highest BCUT2D eigenvalue weighted by Gasteiger charge is 2.46. The van der Waals surface area contributed by atoms with Gasteiger partial charge in [0, 0.05) is 13.0 Å². The second kappa shape index (κ2) is 4.61. The van der Waals surface area contributed by atoms with Gasteiger partial charge in [0.1, 0.15) is 0 Å². The molecule has 0 heterocycles. The Kier molecular flexibility index (Phi) is 3.30. The molecule has 2 atom stereocenters. The topological polar surface area (TPSA) is 29.5 Å². The number of nitrogens with zero attached hydrogens (tertiary/aromatic N) is 1. The van der Waals surface area contributed by atoms with Gasteiger partial charge >= 0.3 is 0 Å². The number of benzene rings is 1. The van der Waals surface area contributed by atoms with Gasteiger partial charge in [0.15, 0.2) is 17.5 Å². The molecule has 0 unspecified atom stereocenters. The average Bonchev–Trinajstić information content (AvgIpc) is 3.13. The standard InChI is InChI=1S/C12H12F3NO2/c1-16(18-2)12(17)8-5-7(8)6-3-9(13)11(15)10(14)4-6/h3-4,7-8H,5H2,1-2H3/t7-,8+/m1/s1. The Morgan fingerprint density at radius 3 is 2.39 bits per heavy atom. The summed E-state index contributed by atoms with van der Waals surface area (Å²) in [6.07, 6.45) is 0.483. The highest BCUT2D eigenvalue weighted by Crippen LogP contribution is 2.48. The lowest BCUT2D eigenvalue weighted by molar-refractivity contribution is -0.170. The van der Waals surface area contributed by atoms with Crippen molar-refractivity contribution < 1.29 is 22.8 Å². The van der Waals surface area contributed by atoms with E-state index in [1.54, 1.807) is 0 Å². The number of carbonyl (C=O) groups excluding carboxylic acids is 1. The number of halogens is 3. The average molecular weight is 259 g/mol. The van der Waals surface area contributed by atoms with E-state index in [9.17, 15) is 18.0 Å². The molecule has 0 radical (unpaired) electrons. The molecule has 1 amide bonds. The van der Waals surface area contributed by atoms with Gasteiger partial charge in [0.05, 0.1) is 7.11 Å². The number of carbonyl (C=O) groups is 1. The molecule has 2 rings (SSSR count). The summed E-state index contributed by atoms with van der Waals surface area (Å²) in [7, 11) is 2.82. The maximum Gasteiger partial charge on any atom is 0.249 e. The largest absolute Gasteiger partial charge is 0.275 e. The Labute approximate surface area is 102 Å². The van der Waals surface area contributed by atoms with Crippen LogP contribution in [0.2, 0.25) is 0 Å². The van der Waals surface area contributed by atoms with E-state index in [1.165, 1.54) is 14.2 Å². The van der Waals surface area contributed by atoms with Crippen molar-refractivity contribution in [3.05, 3.63) is 35.1 Å². The van der Waals surface area contributed by atoms with Crippen molar-refractivity contribution in [3.63, 3.8) is 0 Å². The minimum atomic E-state index is -1.49. The molecule has 1 fully saturated rings. The predicted molar refractivity (Wildman–Crippen MR) is 56.9 cm³/mol. The molecule has 1 aliphatic carbocycles. The molecule has 1 saturated carbocycles. The Balaban J connectivity index is 2.15. The lowest BCUT2D eigenvalue weighted by atomic mass is 10.1. The van der Waals surface area contributed by atoms with Crippen LogP contribution in [0.25, 0.3) is 0 Å². The van der Waals surface area contributed by atoms with E-state index in [2.05, 4.69) is 0 Å². The molecule has 1 aliphatic rings. The Morgan fingerprint density at radius 2 is 1.89 bits per heavy atom. The van der Waals surface area contributed by atoms with Gasteiger partial charge in [-0.15, -0.1) is 0 Å². The number of hydrogen-bond acceptors (Lipinski definition) is 2. The van der Waals surface area contributed by atoms with Crippen LogP contribution in [-0.4, -0.2) is 25.1 Å². The van der Waals surface area contributed by atoms with E-state index in [0.29, 0.717) is 12.0 Å². The van der Waals surface area contributed by atoms with Crippen LogP contribution in [0.3, 0.4) is 0 Å². The van der Waals surface area contributed by atoms with Crippen molar-refractivity contribution in [2.75, 3.05) is 14.2 Å². The molecule has 1 aromatic carbocycles. The fourth-order valence-corrected chi connectivity index (χ4v) is 1.95. The highest BCUT2D eigenvalue weighted by atomic mass is 19.2. The summed E-state index contributed by atoms with van der Waals surface area (Å²) >= 11 is 0. The smallest absolute Gasteiger partial charge is 0.249 e. The van der Waals surface area contributed by atoms with Crippen molar-refractivity contribution in [1.82, 2.24) is 5.06 Å². The Bertz CT molecular complexity index is 469. The first kappa shape index (κ1) is 12.9. The molecule has 0 spiro atoms. The van der Waals surface area contributed by atoms with Gasteiger partial charge in [-0.2, -0.15) is 0 Å². The summed E-state index contributed by atoms with van der Waals surface area (Å²) in [6.45, 7) is 0. The van der Waals surface area contributed by atoms with Crippen molar-refractivity contribution in [2.45, 2.75) is 12.3 Å². The second-order valence-corrected chi connectivity index (χ2v) is 4.27. The third-order valence-electron chi connectivity index (χ3n) is 3.13. The summed E-state index contributed by atoms with van der Waals surface area (Å²) in [5, 5.41) is 1.07. The van der Waals surface area contributed by atoms with Crippen LogP contribution >= 0.6 is 0 Å². The Morgan fingerprint density at radius 1 is 1.33 bits per heavy atom. The van der Waals surface area contributed by atoms with Gasteiger partial charge in [-0.25, -0.2) is 18.2 Å². The van der Waals surface area contributed by atoms with Crippen molar-refractivity contribution in [2.24, 2.45) is 5.92 Å². The first-order chi connectivity index (χ1) is 8.45. The van der Waals surface area contributed by atoms with Crippen LogP contribution in [0, 0.1) is 23.4 Å². The van der Waals surface area contributed by atoms with Crippen LogP contribution in [0.15, 0.2) is 12.1 Å². The molecule has 0 aliphatic heterocycles. The molecule has 6 heteroatoms. The fourth-order valence-electron chi connectivity index (χ4n) is 1.95. The third kappa shape index (κ3) is 2.20. The minimum absolute atomic E-state index is 0.257. The van der Waals surface area contributed by atoms with Gasteiger partial charge in [0.25, 0.3) is 0 Å². The van der Waals surface area contributed by atoms with Gasteiger partial charge < -0.3 is 0 Å². The molecule has 98 valence electrons. The lowest BCUT2D eigenvalue weighted by Crippen LogP contribution is -2.27. The number of hydrogen-bond donors (Lipinski definition) is 0. The molecule has 18 heavy (non-hydrogen) atoms. The van der Waals surface area contributed by atoms with Crippen molar-refractivity contribution in [1.29, 1.82) is 0 Å². The van der Waals surface area contributed by atoms with Gasteiger partial charge in [0.2, 0.25) is 5.91 Å². The number of rotatable bonds is 3. The van der Waals surface area contributed by atoms with E-state index in [0.717, 1.165) is 17.2 Å². The van der Waals surface area contributed by atoms with Gasteiger partial charge in [-0.1, -0.05) is 0 Å². The molecule has 3 nitrogen and oxygen atoms in total. The summed E-state index contributed by atoms with van der Waals surface area (Å²) < 4.78 is 38.9. The van der Waals surface area contributed by atoms with E-state index >= 15 is 0 Å². The minimum Gasteiger partial charge on any atom is -0.275 e. The van der Waals surface area contributed by atoms with E-state index in [-0.39, 0.29) is 17.7 Å². The molecular weight excluding hydrogens is 247 g/mol. The van der Waals surface area contributed by atoms with Crippen molar-refractivity contribution in [3.8, 4) is 0 Å². The number of hydroxylamine groups is 2. The lowest BCUT2D eigenvalue weighted by Gasteiger charge is -2.13. The molecule has 0 bridgehead atoms. The van der Waals surface area contributed by atoms with Crippen LogP contribution in [0.4, 0.5) is 13.2 Å². The van der Waals surface area contributed by atoms with E-state index in [1.807, 2.05) is 0 Å². The van der Waals surface area contributed by atoms with Crippen LogP contribution in [-0.2, 0) is 9.63 Å². The zero-order valence-electron chi connectivity index (χ0n) is 9.91. The van der Waals surface area contributed by atoms with E-state index < -0.39 is 17.5 Å². The molecule has 0 N–H and O–H groups in total. The zero-order valence-corrected chi connectivity index (χ0v) is 9.91. The summed E-state index contributed by atoms with van der Waals surface area (Å²) in [6, 6.07) is 1.87. The van der Waals surface area contributed by atoms with Gasteiger partial charge in [-0.05, 0) is 30.0 Å². The van der Waals surface area contributed by atoms with Crippen LogP contribution in [0.5, 0.6) is 0 Å². The fraction of sp³-hybridized carbons (Fsp3) is 0.417. The maximum absolute atomic E-state index is 13.0. The second-order valence-electron chi connectivity index (χ2n) is 4.27. The first-order valence-corrected chi connectivity index (χ1v) is 5.41. The quantitative estimate of drug-likeness (QED) is 0.615. The molecular formula is C12H12F3NO2. The highest BCUT2D eigenvalue weighted by molar-refractivity contribution is 5.81. The summed E-state index contributed by atoms with van der Waals surface area (Å²) in [5.41, 5.74) is 0.300. The van der Waals surface area contributed by atoms with Gasteiger partial charge in [-0.3, -0.25) is 9.63 Å². The normalized spacial score (nSPS) is 21.8. The maximum atomic E-state index is 13.0. The summed E-state index contributed by atoms with van der Waals surface area (Å²) in [4.78, 5) is 16.4. The van der Waals surface area contributed by atoms with Crippen molar-refractivity contribution >= 4 is 5.91 Å². The van der Waals surface area contributed by atoms with Crippen LogP contribution in [0.1, 0.15) is 17.9 Å². The van der Waals surface area contributed by atoms with E-state index in [4.69, 9.17) is 4.84 Å². The SMILES string of the molecule is CON(C)C(=O)[C@H]1C[C@@H]1c1cc(F)c(F)c(F)c1. The molecule has 0 aromatic heterocycles. The first-order valence-electron chi connectivity index (χ1n) is 5.41. The molecule has 0 saturated heterocycles.